The summed E-state index contributed by atoms with van der Waals surface area (Å²) in [6.07, 6.45) is 1.20. The molecule has 8 heteroatoms. The summed E-state index contributed by atoms with van der Waals surface area (Å²) in [7, 11) is -3.08. The fourth-order valence-electron chi connectivity index (χ4n) is 2.15. The van der Waals surface area contributed by atoms with Crippen LogP contribution in [0.2, 0.25) is 5.02 Å². The monoisotopic (exact) mass is 307 g/mol. The molecule has 0 amide bonds. The lowest BCUT2D eigenvalue weighted by molar-refractivity contribution is 0.590. The van der Waals surface area contributed by atoms with Crippen LogP contribution in [-0.2, 0) is 9.84 Å². The van der Waals surface area contributed by atoms with Gasteiger partial charge in [0.05, 0.1) is 28.1 Å². The molecule has 2 rings (SSSR count). The predicted molar refractivity (Wildman–Crippen MR) is 75.5 cm³/mol. The smallest absolute Gasteiger partial charge is 0.169 e. The maximum atomic E-state index is 13.9. The molecule has 0 aromatic heterocycles. The van der Waals surface area contributed by atoms with Gasteiger partial charge in [-0.2, -0.15) is 0 Å². The average molecular weight is 308 g/mol. The number of nitrogens with two attached hydrogens (primary N) is 2. The first-order valence-electron chi connectivity index (χ1n) is 5.81. The standard InChI is InChI=1S/C11H15ClFN3O2S/c12-9-7(14)4-8(15)11(10(9)13)16-5-6-2-1-3-19(6,17)18/h4,6,16H,1-3,5,14-15H2. The average Bonchev–Trinajstić information content (AvgIpc) is 2.66. The van der Waals surface area contributed by atoms with Crippen LogP contribution in [-0.4, -0.2) is 26.0 Å². The number of sulfone groups is 1. The fraction of sp³-hybridized carbons (Fsp3) is 0.455. The Morgan fingerprint density at radius 2 is 2.11 bits per heavy atom. The molecule has 0 aliphatic carbocycles. The Bertz CT molecular complexity index is 606. The molecular weight excluding hydrogens is 293 g/mol. The molecule has 0 saturated carbocycles. The van der Waals surface area contributed by atoms with Crippen molar-refractivity contribution >= 4 is 38.5 Å². The third-order valence-corrected chi connectivity index (χ3v) is 5.89. The van der Waals surface area contributed by atoms with Gasteiger partial charge in [0.15, 0.2) is 15.7 Å². The first kappa shape index (κ1) is 14.2. The number of halogens is 2. The number of hydrogen-bond acceptors (Lipinski definition) is 5. The Labute approximate surface area is 116 Å². The minimum atomic E-state index is -3.08. The van der Waals surface area contributed by atoms with E-state index in [4.69, 9.17) is 23.1 Å². The molecule has 1 atom stereocenters. The Kier molecular flexibility index (Phi) is 3.78. The molecule has 0 radical (unpaired) electrons. The van der Waals surface area contributed by atoms with E-state index in [-0.39, 0.29) is 34.4 Å². The molecule has 1 aliphatic heterocycles. The van der Waals surface area contributed by atoms with Gasteiger partial charge in [-0.15, -0.1) is 0 Å². The zero-order valence-electron chi connectivity index (χ0n) is 10.1. The fourth-order valence-corrected chi connectivity index (χ4v) is 4.06. The van der Waals surface area contributed by atoms with Crippen LogP contribution in [0.15, 0.2) is 6.07 Å². The number of nitrogen functional groups attached to an aromatic ring is 2. The van der Waals surface area contributed by atoms with Crippen molar-refractivity contribution in [3.8, 4) is 0 Å². The highest BCUT2D eigenvalue weighted by atomic mass is 35.5. The first-order chi connectivity index (χ1) is 8.83. The van der Waals surface area contributed by atoms with E-state index >= 15 is 0 Å². The van der Waals surface area contributed by atoms with Crippen LogP contribution in [0.25, 0.3) is 0 Å². The van der Waals surface area contributed by atoms with Crippen LogP contribution in [0.4, 0.5) is 21.5 Å². The van der Waals surface area contributed by atoms with Crippen LogP contribution >= 0.6 is 11.6 Å². The lowest BCUT2D eigenvalue weighted by Gasteiger charge is -2.15. The Balaban J connectivity index is 2.19. The number of anilines is 3. The summed E-state index contributed by atoms with van der Waals surface area (Å²) in [5.74, 6) is -0.575. The van der Waals surface area contributed by atoms with E-state index in [0.717, 1.165) is 0 Å². The second-order valence-corrected chi connectivity index (χ2v) is 7.35. The SMILES string of the molecule is Nc1cc(N)c(NCC2CCCS2(=O)=O)c(F)c1Cl. The summed E-state index contributed by atoms with van der Waals surface area (Å²) in [6, 6.07) is 1.34. The molecule has 1 saturated heterocycles. The summed E-state index contributed by atoms with van der Waals surface area (Å²) < 4.78 is 37.2. The summed E-state index contributed by atoms with van der Waals surface area (Å²) >= 11 is 5.69. The highest BCUT2D eigenvalue weighted by Crippen LogP contribution is 2.34. The molecule has 1 aromatic carbocycles. The van der Waals surface area contributed by atoms with Crippen LogP contribution in [0.5, 0.6) is 0 Å². The van der Waals surface area contributed by atoms with Crippen LogP contribution < -0.4 is 16.8 Å². The van der Waals surface area contributed by atoms with E-state index in [9.17, 15) is 12.8 Å². The van der Waals surface area contributed by atoms with E-state index < -0.39 is 20.9 Å². The molecule has 1 heterocycles. The van der Waals surface area contributed by atoms with E-state index in [0.29, 0.717) is 12.8 Å². The number of hydrogen-bond donors (Lipinski definition) is 3. The Morgan fingerprint density at radius 1 is 1.42 bits per heavy atom. The molecule has 0 spiro atoms. The summed E-state index contributed by atoms with van der Waals surface area (Å²) in [5.41, 5.74) is 11.3. The van der Waals surface area contributed by atoms with Gasteiger partial charge >= 0.3 is 0 Å². The van der Waals surface area contributed by atoms with E-state index in [2.05, 4.69) is 5.32 Å². The lowest BCUT2D eigenvalue weighted by atomic mass is 10.2. The Hall–Kier alpha value is -1.21. The quantitative estimate of drug-likeness (QED) is 0.737. The van der Waals surface area contributed by atoms with Gasteiger partial charge in [0.1, 0.15) is 5.02 Å². The van der Waals surface area contributed by atoms with E-state index in [1.165, 1.54) is 6.07 Å². The predicted octanol–water partition coefficient (Wildman–Crippen LogP) is 1.63. The largest absolute Gasteiger partial charge is 0.397 e. The van der Waals surface area contributed by atoms with Crippen molar-refractivity contribution in [3.63, 3.8) is 0 Å². The molecule has 1 unspecified atom stereocenters. The highest BCUT2D eigenvalue weighted by molar-refractivity contribution is 7.92. The molecular formula is C11H15ClFN3O2S. The summed E-state index contributed by atoms with van der Waals surface area (Å²) in [5, 5.41) is 2.00. The summed E-state index contributed by atoms with van der Waals surface area (Å²) in [4.78, 5) is 0. The third-order valence-electron chi connectivity index (χ3n) is 3.23. The molecule has 5 N–H and O–H groups in total. The van der Waals surface area contributed by atoms with Crippen molar-refractivity contribution in [1.82, 2.24) is 0 Å². The van der Waals surface area contributed by atoms with Gasteiger partial charge < -0.3 is 16.8 Å². The van der Waals surface area contributed by atoms with Gasteiger partial charge in [0.2, 0.25) is 0 Å². The van der Waals surface area contributed by atoms with Crippen LogP contribution in [0.3, 0.4) is 0 Å². The topological polar surface area (TPSA) is 98.2 Å². The van der Waals surface area contributed by atoms with Crippen molar-refractivity contribution in [2.45, 2.75) is 18.1 Å². The number of nitrogens with one attached hydrogen (secondary N) is 1. The van der Waals surface area contributed by atoms with E-state index in [1.54, 1.807) is 0 Å². The minimum absolute atomic E-state index is 0.00120. The molecule has 1 aliphatic rings. The zero-order chi connectivity index (χ0) is 14.2. The van der Waals surface area contributed by atoms with Crippen molar-refractivity contribution in [3.05, 3.63) is 16.9 Å². The molecule has 1 aromatic rings. The van der Waals surface area contributed by atoms with Crippen molar-refractivity contribution in [2.75, 3.05) is 29.1 Å². The molecule has 5 nitrogen and oxygen atoms in total. The molecule has 1 fully saturated rings. The van der Waals surface area contributed by atoms with Gasteiger partial charge in [0.25, 0.3) is 0 Å². The van der Waals surface area contributed by atoms with Gasteiger partial charge in [0, 0.05) is 6.54 Å². The van der Waals surface area contributed by atoms with Gasteiger partial charge in [-0.3, -0.25) is 0 Å². The lowest BCUT2D eigenvalue weighted by Crippen LogP contribution is -2.25. The number of benzene rings is 1. The Morgan fingerprint density at radius 3 is 2.68 bits per heavy atom. The number of rotatable bonds is 3. The maximum absolute atomic E-state index is 13.9. The summed E-state index contributed by atoms with van der Waals surface area (Å²) in [6.45, 7) is 0.115. The second kappa shape index (κ2) is 5.05. The minimum Gasteiger partial charge on any atom is -0.397 e. The van der Waals surface area contributed by atoms with Crippen LogP contribution in [0, 0.1) is 5.82 Å². The second-order valence-electron chi connectivity index (χ2n) is 4.57. The normalized spacial score (nSPS) is 21.5. The van der Waals surface area contributed by atoms with E-state index in [1.807, 2.05) is 0 Å². The molecule has 19 heavy (non-hydrogen) atoms. The molecule has 106 valence electrons. The highest BCUT2D eigenvalue weighted by Gasteiger charge is 2.31. The van der Waals surface area contributed by atoms with Gasteiger partial charge in [-0.1, -0.05) is 11.6 Å². The maximum Gasteiger partial charge on any atom is 0.169 e. The van der Waals surface area contributed by atoms with Gasteiger partial charge in [-0.05, 0) is 18.9 Å². The molecule has 0 bridgehead atoms. The third kappa shape index (κ3) is 2.71. The van der Waals surface area contributed by atoms with Gasteiger partial charge in [-0.25, -0.2) is 12.8 Å². The van der Waals surface area contributed by atoms with Crippen molar-refractivity contribution in [2.24, 2.45) is 0 Å². The van der Waals surface area contributed by atoms with Crippen molar-refractivity contribution < 1.29 is 12.8 Å². The van der Waals surface area contributed by atoms with Crippen LogP contribution in [0.1, 0.15) is 12.8 Å². The zero-order valence-corrected chi connectivity index (χ0v) is 11.7. The first-order valence-corrected chi connectivity index (χ1v) is 7.90. The van der Waals surface area contributed by atoms with Crippen molar-refractivity contribution in [1.29, 1.82) is 0 Å².